The van der Waals surface area contributed by atoms with Gasteiger partial charge in [-0.15, -0.1) is 0 Å². The van der Waals surface area contributed by atoms with E-state index in [-0.39, 0.29) is 11.7 Å². The van der Waals surface area contributed by atoms with E-state index in [0.29, 0.717) is 23.7 Å². The number of para-hydroxylation sites is 1. The second-order valence-electron chi connectivity index (χ2n) is 4.79. The van der Waals surface area contributed by atoms with Crippen LogP contribution in [0.15, 0.2) is 48.5 Å². The largest absolute Gasteiger partial charge is 0.479 e. The zero-order valence-corrected chi connectivity index (χ0v) is 12.9. The van der Waals surface area contributed by atoms with Crippen LogP contribution in [0.2, 0.25) is 5.02 Å². The number of hydrogen-bond acceptors (Lipinski definition) is 2. The first-order chi connectivity index (χ1) is 10.6. The second kappa shape index (κ2) is 7.80. The summed E-state index contributed by atoms with van der Waals surface area (Å²) in [6.07, 6.45) is -0.110. The predicted octanol–water partition coefficient (Wildman–Crippen LogP) is 3.95. The zero-order chi connectivity index (χ0) is 15.9. The number of carbonyl (C=O) groups excluding carboxylic acids is 1. The van der Waals surface area contributed by atoms with Crippen molar-refractivity contribution in [2.75, 3.05) is 0 Å². The molecule has 0 unspecified atom stereocenters. The Hall–Kier alpha value is -2.07. The molecule has 0 bridgehead atoms. The van der Waals surface area contributed by atoms with Gasteiger partial charge < -0.3 is 10.1 Å². The molecule has 1 atom stereocenters. The van der Waals surface area contributed by atoms with Crippen LogP contribution in [-0.2, 0) is 11.3 Å². The van der Waals surface area contributed by atoms with Gasteiger partial charge in [0.15, 0.2) is 6.10 Å². The number of amides is 1. The molecule has 1 N–H and O–H groups in total. The van der Waals surface area contributed by atoms with E-state index in [4.69, 9.17) is 16.3 Å². The Bertz CT molecular complexity index is 631. The molecule has 0 aliphatic rings. The van der Waals surface area contributed by atoms with Gasteiger partial charge in [0.2, 0.25) is 0 Å². The number of hydrogen-bond donors (Lipinski definition) is 1. The minimum Gasteiger partial charge on any atom is -0.479 e. The lowest BCUT2D eigenvalue weighted by Gasteiger charge is -2.18. The molecule has 2 aromatic carbocycles. The summed E-state index contributed by atoms with van der Waals surface area (Å²) >= 11 is 6.03. The molecule has 0 spiro atoms. The van der Waals surface area contributed by atoms with Gasteiger partial charge in [0.25, 0.3) is 5.91 Å². The molecule has 22 heavy (non-hydrogen) atoms. The number of rotatable bonds is 6. The Morgan fingerprint density at radius 1 is 1.23 bits per heavy atom. The van der Waals surface area contributed by atoms with Crippen LogP contribution in [0.1, 0.15) is 18.9 Å². The Morgan fingerprint density at radius 2 is 1.91 bits per heavy atom. The molecule has 0 aliphatic heterocycles. The molecule has 1 amide bonds. The maximum absolute atomic E-state index is 12.8. The molecule has 5 heteroatoms. The lowest BCUT2D eigenvalue weighted by atomic mass is 10.2. The number of nitrogens with one attached hydrogen (secondary N) is 1. The number of halogens is 2. The number of carbonyl (C=O) groups is 1. The molecule has 0 aromatic heterocycles. The third-order valence-electron chi connectivity index (χ3n) is 3.15. The summed E-state index contributed by atoms with van der Waals surface area (Å²) in [5.41, 5.74) is 0.822. The van der Waals surface area contributed by atoms with Gasteiger partial charge in [-0.2, -0.15) is 0 Å². The fourth-order valence-corrected chi connectivity index (χ4v) is 2.10. The van der Waals surface area contributed by atoms with Crippen LogP contribution in [0.4, 0.5) is 4.39 Å². The smallest absolute Gasteiger partial charge is 0.261 e. The van der Waals surface area contributed by atoms with Crippen molar-refractivity contribution < 1.29 is 13.9 Å². The summed E-state index contributed by atoms with van der Waals surface area (Å²) in [5.74, 6) is -0.0525. The van der Waals surface area contributed by atoms with E-state index >= 15 is 0 Å². The van der Waals surface area contributed by atoms with Crippen molar-refractivity contribution in [3.05, 3.63) is 64.9 Å². The van der Waals surface area contributed by atoms with Crippen molar-refractivity contribution in [3.8, 4) is 5.75 Å². The molecule has 2 rings (SSSR count). The van der Waals surface area contributed by atoms with E-state index in [1.54, 1.807) is 36.4 Å². The summed E-state index contributed by atoms with van der Waals surface area (Å²) < 4.78 is 18.5. The van der Waals surface area contributed by atoms with E-state index in [1.165, 1.54) is 12.1 Å². The molecule has 116 valence electrons. The Labute approximate surface area is 134 Å². The maximum Gasteiger partial charge on any atom is 0.261 e. The quantitative estimate of drug-likeness (QED) is 0.874. The first kappa shape index (κ1) is 16.3. The van der Waals surface area contributed by atoms with E-state index in [1.807, 2.05) is 6.92 Å². The highest BCUT2D eigenvalue weighted by Crippen LogP contribution is 2.24. The van der Waals surface area contributed by atoms with Gasteiger partial charge in [0.1, 0.15) is 11.6 Å². The molecular weight excluding hydrogens is 305 g/mol. The van der Waals surface area contributed by atoms with Crippen molar-refractivity contribution >= 4 is 17.5 Å². The predicted molar refractivity (Wildman–Crippen MR) is 84.4 cm³/mol. The molecule has 3 nitrogen and oxygen atoms in total. The van der Waals surface area contributed by atoms with Crippen molar-refractivity contribution in [3.63, 3.8) is 0 Å². The molecular formula is C17H17ClFNO2. The van der Waals surface area contributed by atoms with E-state index in [9.17, 15) is 9.18 Å². The first-order valence-electron chi connectivity index (χ1n) is 7.03. The zero-order valence-electron chi connectivity index (χ0n) is 12.2. The molecule has 0 fully saturated rings. The number of benzene rings is 2. The van der Waals surface area contributed by atoms with Gasteiger partial charge in [-0.3, -0.25) is 4.79 Å². The normalized spacial score (nSPS) is 11.8. The van der Waals surface area contributed by atoms with Gasteiger partial charge in [-0.1, -0.05) is 42.8 Å². The van der Waals surface area contributed by atoms with Gasteiger partial charge in [-0.05, 0) is 36.2 Å². The standard InChI is InChI=1S/C17H17ClFNO2/c1-2-15(22-16-6-4-3-5-14(16)18)17(21)20-11-12-7-9-13(19)10-8-12/h3-10,15H,2,11H2,1H3,(H,20,21)/t15-/m1/s1. The van der Waals surface area contributed by atoms with Crippen molar-refractivity contribution in [1.82, 2.24) is 5.32 Å². The lowest BCUT2D eigenvalue weighted by molar-refractivity contribution is -0.128. The number of ether oxygens (including phenoxy) is 1. The molecule has 0 aliphatic carbocycles. The minimum atomic E-state index is -0.625. The molecule has 0 heterocycles. The fourth-order valence-electron chi connectivity index (χ4n) is 1.92. The van der Waals surface area contributed by atoms with E-state index in [0.717, 1.165) is 5.56 Å². The third kappa shape index (κ3) is 4.46. The molecule has 0 radical (unpaired) electrons. The molecule has 2 aromatic rings. The van der Waals surface area contributed by atoms with Gasteiger partial charge in [-0.25, -0.2) is 4.39 Å². The summed E-state index contributed by atoms with van der Waals surface area (Å²) in [4.78, 5) is 12.2. The van der Waals surface area contributed by atoms with E-state index < -0.39 is 6.10 Å². The SMILES string of the molecule is CC[C@@H](Oc1ccccc1Cl)C(=O)NCc1ccc(F)cc1. The van der Waals surface area contributed by atoms with E-state index in [2.05, 4.69) is 5.32 Å². The average Bonchev–Trinajstić information content (AvgIpc) is 2.53. The summed E-state index contributed by atoms with van der Waals surface area (Å²) in [7, 11) is 0. The van der Waals surface area contributed by atoms with Crippen molar-refractivity contribution in [2.24, 2.45) is 0 Å². The highest BCUT2D eigenvalue weighted by molar-refractivity contribution is 6.32. The van der Waals surface area contributed by atoms with Crippen LogP contribution < -0.4 is 10.1 Å². The lowest BCUT2D eigenvalue weighted by Crippen LogP contribution is -2.37. The summed E-state index contributed by atoms with van der Waals surface area (Å²) in [6, 6.07) is 13.0. The highest BCUT2D eigenvalue weighted by atomic mass is 35.5. The van der Waals surface area contributed by atoms with Gasteiger partial charge >= 0.3 is 0 Å². The van der Waals surface area contributed by atoms with Crippen LogP contribution in [0, 0.1) is 5.82 Å². The monoisotopic (exact) mass is 321 g/mol. The first-order valence-corrected chi connectivity index (χ1v) is 7.41. The van der Waals surface area contributed by atoms with Crippen LogP contribution in [0.3, 0.4) is 0 Å². The van der Waals surface area contributed by atoms with Crippen molar-refractivity contribution in [1.29, 1.82) is 0 Å². The molecule has 0 saturated carbocycles. The Morgan fingerprint density at radius 3 is 2.55 bits per heavy atom. The Balaban J connectivity index is 1.94. The second-order valence-corrected chi connectivity index (χ2v) is 5.20. The van der Waals surface area contributed by atoms with Gasteiger partial charge in [0, 0.05) is 6.54 Å². The third-order valence-corrected chi connectivity index (χ3v) is 3.46. The van der Waals surface area contributed by atoms with Crippen LogP contribution >= 0.6 is 11.6 Å². The summed E-state index contributed by atoms with van der Waals surface area (Å²) in [5, 5.41) is 3.24. The van der Waals surface area contributed by atoms with Crippen LogP contribution in [0.5, 0.6) is 5.75 Å². The van der Waals surface area contributed by atoms with Crippen LogP contribution in [0.25, 0.3) is 0 Å². The average molecular weight is 322 g/mol. The van der Waals surface area contributed by atoms with Crippen LogP contribution in [-0.4, -0.2) is 12.0 Å². The topological polar surface area (TPSA) is 38.3 Å². The molecule has 0 saturated heterocycles. The minimum absolute atomic E-state index is 0.230. The summed E-state index contributed by atoms with van der Waals surface area (Å²) in [6.45, 7) is 2.18. The Kier molecular flexibility index (Phi) is 5.78. The van der Waals surface area contributed by atoms with Gasteiger partial charge in [0.05, 0.1) is 5.02 Å². The fraction of sp³-hybridized carbons (Fsp3) is 0.235. The van der Waals surface area contributed by atoms with Crippen molar-refractivity contribution in [2.45, 2.75) is 26.0 Å². The highest BCUT2D eigenvalue weighted by Gasteiger charge is 2.19. The maximum atomic E-state index is 12.8.